The van der Waals surface area contributed by atoms with Crippen molar-refractivity contribution in [3.05, 3.63) is 92.9 Å². The first-order valence-corrected chi connectivity index (χ1v) is 9.74. The lowest BCUT2D eigenvalue weighted by Gasteiger charge is -2.12. The number of nitrogens with zero attached hydrogens (tertiary/aromatic N) is 1. The van der Waals surface area contributed by atoms with E-state index in [0.29, 0.717) is 17.3 Å². The molecule has 1 aromatic heterocycles. The van der Waals surface area contributed by atoms with Gasteiger partial charge in [0, 0.05) is 17.3 Å². The lowest BCUT2D eigenvalue weighted by atomic mass is 10.1. The SMILES string of the molecule is Cc1cccc(OCCC(=O)Nc2ccc(=O)n(Cc3ccccc3Cl)c2)c1C. The van der Waals surface area contributed by atoms with Crippen LogP contribution in [0.5, 0.6) is 5.75 Å². The third kappa shape index (κ3) is 5.48. The summed E-state index contributed by atoms with van der Waals surface area (Å²) in [7, 11) is 0. The van der Waals surface area contributed by atoms with Gasteiger partial charge < -0.3 is 14.6 Å². The molecule has 3 aromatic rings. The van der Waals surface area contributed by atoms with Crippen LogP contribution in [0.3, 0.4) is 0 Å². The van der Waals surface area contributed by atoms with E-state index >= 15 is 0 Å². The molecular formula is C23H23ClN2O3. The van der Waals surface area contributed by atoms with Crippen LogP contribution in [-0.2, 0) is 11.3 Å². The molecule has 0 atom stereocenters. The number of amides is 1. The predicted molar refractivity (Wildman–Crippen MR) is 116 cm³/mol. The molecule has 0 saturated heterocycles. The van der Waals surface area contributed by atoms with Gasteiger partial charge in [0.25, 0.3) is 5.56 Å². The Bertz CT molecular complexity index is 1080. The van der Waals surface area contributed by atoms with Gasteiger partial charge in [0.2, 0.25) is 5.91 Å². The number of aryl methyl sites for hydroxylation is 1. The maximum Gasteiger partial charge on any atom is 0.250 e. The predicted octanol–water partition coefficient (Wildman–Crippen LogP) is 4.57. The Balaban J connectivity index is 1.60. The van der Waals surface area contributed by atoms with Crippen LogP contribution in [0.4, 0.5) is 5.69 Å². The second-order valence-corrected chi connectivity index (χ2v) is 7.23. The molecule has 0 aliphatic carbocycles. The largest absolute Gasteiger partial charge is 0.493 e. The molecule has 3 rings (SSSR count). The highest BCUT2D eigenvalue weighted by atomic mass is 35.5. The molecule has 0 unspecified atom stereocenters. The van der Waals surface area contributed by atoms with Crippen molar-refractivity contribution in [2.45, 2.75) is 26.8 Å². The Morgan fingerprint density at radius 3 is 2.66 bits per heavy atom. The van der Waals surface area contributed by atoms with E-state index in [0.717, 1.165) is 22.4 Å². The average Bonchev–Trinajstić information content (AvgIpc) is 2.69. The molecule has 6 heteroatoms. The van der Waals surface area contributed by atoms with Crippen LogP contribution in [0, 0.1) is 13.8 Å². The molecule has 0 fully saturated rings. The van der Waals surface area contributed by atoms with E-state index in [2.05, 4.69) is 5.32 Å². The minimum atomic E-state index is -0.182. The third-order valence-corrected chi connectivity index (χ3v) is 5.08. The molecule has 0 aliphatic rings. The first-order valence-electron chi connectivity index (χ1n) is 9.37. The van der Waals surface area contributed by atoms with Crippen molar-refractivity contribution in [2.24, 2.45) is 0 Å². The van der Waals surface area contributed by atoms with Gasteiger partial charge in [-0.3, -0.25) is 9.59 Å². The summed E-state index contributed by atoms with van der Waals surface area (Å²) in [6, 6.07) is 16.2. The zero-order valence-electron chi connectivity index (χ0n) is 16.4. The number of hydrogen-bond donors (Lipinski definition) is 1. The number of halogens is 1. The van der Waals surface area contributed by atoms with E-state index in [-0.39, 0.29) is 24.5 Å². The molecule has 1 heterocycles. The van der Waals surface area contributed by atoms with Crippen molar-refractivity contribution in [1.82, 2.24) is 4.57 Å². The zero-order valence-corrected chi connectivity index (χ0v) is 17.2. The van der Waals surface area contributed by atoms with Crippen molar-refractivity contribution in [3.8, 4) is 5.75 Å². The molecule has 0 aliphatic heterocycles. The van der Waals surface area contributed by atoms with Gasteiger partial charge in [-0.1, -0.05) is 41.9 Å². The van der Waals surface area contributed by atoms with E-state index in [4.69, 9.17) is 16.3 Å². The second-order valence-electron chi connectivity index (χ2n) is 6.82. The lowest BCUT2D eigenvalue weighted by Crippen LogP contribution is -2.22. The number of hydrogen-bond acceptors (Lipinski definition) is 3. The van der Waals surface area contributed by atoms with Gasteiger partial charge in [0.15, 0.2) is 0 Å². The number of rotatable bonds is 7. The number of carbonyl (C=O) groups excluding carboxylic acids is 1. The van der Waals surface area contributed by atoms with Crippen LogP contribution in [0.1, 0.15) is 23.1 Å². The highest BCUT2D eigenvalue weighted by Gasteiger charge is 2.08. The van der Waals surface area contributed by atoms with E-state index in [1.54, 1.807) is 18.3 Å². The number of carbonyl (C=O) groups is 1. The Morgan fingerprint density at radius 2 is 1.86 bits per heavy atom. The van der Waals surface area contributed by atoms with Crippen molar-refractivity contribution < 1.29 is 9.53 Å². The van der Waals surface area contributed by atoms with Crippen LogP contribution in [0.15, 0.2) is 65.6 Å². The first kappa shape index (κ1) is 20.7. The van der Waals surface area contributed by atoms with Crippen LogP contribution >= 0.6 is 11.6 Å². The summed E-state index contributed by atoms with van der Waals surface area (Å²) in [5.41, 5.74) is 3.43. The lowest BCUT2D eigenvalue weighted by molar-refractivity contribution is -0.116. The van der Waals surface area contributed by atoms with Gasteiger partial charge in [0.05, 0.1) is 25.3 Å². The zero-order chi connectivity index (χ0) is 20.8. The van der Waals surface area contributed by atoms with Gasteiger partial charge in [-0.15, -0.1) is 0 Å². The quantitative estimate of drug-likeness (QED) is 0.620. The average molecular weight is 411 g/mol. The monoisotopic (exact) mass is 410 g/mol. The summed E-state index contributed by atoms with van der Waals surface area (Å²) in [6.45, 7) is 4.62. The summed E-state index contributed by atoms with van der Waals surface area (Å²) in [5, 5.41) is 3.41. The Morgan fingerprint density at radius 1 is 1.07 bits per heavy atom. The van der Waals surface area contributed by atoms with E-state index < -0.39 is 0 Å². The van der Waals surface area contributed by atoms with Crippen LogP contribution in [0.2, 0.25) is 5.02 Å². The number of aromatic nitrogens is 1. The van der Waals surface area contributed by atoms with E-state index in [9.17, 15) is 9.59 Å². The molecule has 1 N–H and O–H groups in total. The van der Waals surface area contributed by atoms with Crippen molar-refractivity contribution in [1.29, 1.82) is 0 Å². The highest BCUT2D eigenvalue weighted by molar-refractivity contribution is 6.31. The summed E-state index contributed by atoms with van der Waals surface area (Å²) < 4.78 is 7.25. The molecule has 29 heavy (non-hydrogen) atoms. The molecule has 5 nitrogen and oxygen atoms in total. The summed E-state index contributed by atoms with van der Waals surface area (Å²) in [5.74, 6) is 0.601. The number of ether oxygens (including phenoxy) is 1. The van der Waals surface area contributed by atoms with E-state index in [1.807, 2.05) is 50.2 Å². The molecule has 0 saturated carbocycles. The van der Waals surface area contributed by atoms with Crippen molar-refractivity contribution >= 4 is 23.2 Å². The maximum absolute atomic E-state index is 12.3. The topological polar surface area (TPSA) is 60.3 Å². The smallest absolute Gasteiger partial charge is 0.250 e. The van der Waals surface area contributed by atoms with Crippen molar-refractivity contribution in [3.63, 3.8) is 0 Å². The van der Waals surface area contributed by atoms with Crippen molar-refractivity contribution in [2.75, 3.05) is 11.9 Å². The standard InChI is InChI=1S/C23H23ClN2O3/c1-16-6-5-9-21(17(16)2)29-13-12-22(27)25-19-10-11-23(28)26(15-19)14-18-7-3-4-8-20(18)24/h3-11,15H,12-14H2,1-2H3,(H,25,27). The highest BCUT2D eigenvalue weighted by Crippen LogP contribution is 2.20. The molecular weight excluding hydrogens is 388 g/mol. The normalized spacial score (nSPS) is 10.6. The van der Waals surface area contributed by atoms with Crippen LogP contribution < -0.4 is 15.6 Å². The fraction of sp³-hybridized carbons (Fsp3) is 0.217. The van der Waals surface area contributed by atoms with Gasteiger partial charge in [0.1, 0.15) is 5.75 Å². The summed E-state index contributed by atoms with van der Waals surface area (Å²) >= 11 is 6.18. The Kier molecular flexibility index (Phi) is 6.73. The first-order chi connectivity index (χ1) is 13.9. The van der Waals surface area contributed by atoms with Gasteiger partial charge in [-0.2, -0.15) is 0 Å². The maximum atomic E-state index is 12.3. The van der Waals surface area contributed by atoms with Gasteiger partial charge >= 0.3 is 0 Å². The van der Waals surface area contributed by atoms with E-state index in [1.165, 1.54) is 10.6 Å². The number of anilines is 1. The van der Waals surface area contributed by atoms with Gasteiger partial charge in [-0.25, -0.2) is 0 Å². The fourth-order valence-corrected chi connectivity index (χ4v) is 3.09. The number of benzene rings is 2. The van der Waals surface area contributed by atoms with Gasteiger partial charge in [-0.05, 0) is 48.7 Å². The molecule has 0 radical (unpaired) electrons. The fourth-order valence-electron chi connectivity index (χ4n) is 2.90. The summed E-state index contributed by atoms with van der Waals surface area (Å²) in [4.78, 5) is 24.4. The molecule has 150 valence electrons. The molecule has 2 aromatic carbocycles. The summed E-state index contributed by atoms with van der Waals surface area (Å²) in [6.07, 6.45) is 1.83. The molecule has 0 bridgehead atoms. The minimum absolute atomic E-state index is 0.166. The Labute approximate surface area is 174 Å². The third-order valence-electron chi connectivity index (χ3n) is 4.71. The molecule has 0 spiro atoms. The van der Waals surface area contributed by atoms with Crippen LogP contribution in [-0.4, -0.2) is 17.1 Å². The van der Waals surface area contributed by atoms with Crippen LogP contribution in [0.25, 0.3) is 0 Å². The molecule has 1 amide bonds. The minimum Gasteiger partial charge on any atom is -0.493 e. The number of pyridine rings is 1. The number of nitrogens with one attached hydrogen (secondary N) is 1. The second kappa shape index (κ2) is 9.43. The Hall–Kier alpha value is -3.05.